The lowest BCUT2D eigenvalue weighted by atomic mass is 10.0. The second kappa shape index (κ2) is 9.94. The summed E-state index contributed by atoms with van der Waals surface area (Å²) in [4.78, 5) is 13.0. The van der Waals surface area contributed by atoms with Crippen LogP contribution in [0.1, 0.15) is 58.5 Å². The molecule has 0 aliphatic rings. The van der Waals surface area contributed by atoms with E-state index < -0.39 is 11.7 Å². The molecule has 0 radical (unpaired) electrons. The zero-order valence-corrected chi connectivity index (χ0v) is 21.1. The van der Waals surface area contributed by atoms with Crippen molar-refractivity contribution in [2.75, 3.05) is 0 Å². The molecule has 31 heavy (non-hydrogen) atoms. The summed E-state index contributed by atoms with van der Waals surface area (Å²) >= 11 is 15.1. The van der Waals surface area contributed by atoms with Crippen molar-refractivity contribution in [1.82, 2.24) is 25.1 Å². The molecule has 2 aromatic heterocycles. The van der Waals surface area contributed by atoms with Crippen LogP contribution in [0.4, 0.5) is 4.79 Å². The Balaban J connectivity index is 1.77. The van der Waals surface area contributed by atoms with Crippen molar-refractivity contribution < 1.29 is 9.53 Å². The highest BCUT2D eigenvalue weighted by atomic mass is 35.5. The maximum Gasteiger partial charge on any atom is 0.408 e. The number of benzene rings is 1. The molecular weight excluding hydrogens is 477 g/mol. The molecule has 0 spiro atoms. The van der Waals surface area contributed by atoms with E-state index in [1.807, 2.05) is 32.9 Å². The number of ether oxygens (including phenoxy) is 1. The second-order valence-corrected chi connectivity index (χ2v) is 11.5. The van der Waals surface area contributed by atoms with Crippen LogP contribution < -0.4 is 5.32 Å². The molecule has 3 rings (SSSR count). The fourth-order valence-electron chi connectivity index (χ4n) is 2.81. The van der Waals surface area contributed by atoms with E-state index in [1.165, 1.54) is 11.3 Å². The number of fused-ring (bicyclic) bond motifs is 1. The highest BCUT2D eigenvalue weighted by Crippen LogP contribution is 2.31. The lowest BCUT2D eigenvalue weighted by Crippen LogP contribution is -2.36. The van der Waals surface area contributed by atoms with E-state index >= 15 is 0 Å². The van der Waals surface area contributed by atoms with Crippen molar-refractivity contribution >= 4 is 57.4 Å². The molecule has 0 aliphatic heterocycles. The maximum absolute atomic E-state index is 12.4. The molecule has 0 aliphatic carbocycles. The van der Waals surface area contributed by atoms with E-state index in [9.17, 15) is 4.79 Å². The summed E-state index contributed by atoms with van der Waals surface area (Å²) in [5, 5.41) is 17.2. The Bertz CT molecular complexity index is 1060. The van der Waals surface area contributed by atoms with Crippen LogP contribution in [-0.4, -0.2) is 31.5 Å². The molecule has 1 N–H and O–H groups in total. The monoisotopic (exact) mass is 501 g/mol. The Labute approximate surface area is 199 Å². The highest BCUT2D eigenvalue weighted by Gasteiger charge is 2.26. The van der Waals surface area contributed by atoms with Gasteiger partial charge in [0, 0.05) is 5.75 Å². The Kier molecular flexibility index (Phi) is 7.72. The molecule has 168 valence electrons. The first kappa shape index (κ1) is 24.1. The number of aromatic nitrogens is 4. The number of halogens is 2. The number of amides is 1. The summed E-state index contributed by atoms with van der Waals surface area (Å²) in [5.41, 5.74) is 0.469. The number of carbonyl (C=O) groups excluding carboxylic acids is 1. The van der Waals surface area contributed by atoms with Crippen molar-refractivity contribution in [2.24, 2.45) is 5.92 Å². The van der Waals surface area contributed by atoms with Gasteiger partial charge in [-0.1, -0.05) is 66.2 Å². The van der Waals surface area contributed by atoms with Crippen LogP contribution >= 0.6 is 46.3 Å². The van der Waals surface area contributed by atoms with Crippen LogP contribution in [-0.2, 0) is 10.5 Å². The average Bonchev–Trinajstić information content (AvgIpc) is 3.20. The average molecular weight is 502 g/mol. The number of hydrogen-bond acceptors (Lipinski definition) is 7. The first-order valence-corrected chi connectivity index (χ1v) is 12.4. The number of hydrogen-bond donors (Lipinski definition) is 1. The summed E-state index contributed by atoms with van der Waals surface area (Å²) in [6, 6.07) is 5.22. The van der Waals surface area contributed by atoms with Gasteiger partial charge < -0.3 is 10.1 Å². The maximum atomic E-state index is 12.4. The molecule has 0 fully saturated rings. The first-order chi connectivity index (χ1) is 14.5. The number of rotatable bonds is 7. The molecule has 1 unspecified atom stereocenters. The lowest BCUT2D eigenvalue weighted by molar-refractivity contribution is 0.0494. The van der Waals surface area contributed by atoms with Crippen LogP contribution in [0.2, 0.25) is 10.0 Å². The van der Waals surface area contributed by atoms with Crippen molar-refractivity contribution in [3.63, 3.8) is 0 Å². The predicted molar refractivity (Wildman–Crippen MR) is 126 cm³/mol. The van der Waals surface area contributed by atoms with Gasteiger partial charge in [-0.05, 0) is 50.8 Å². The largest absolute Gasteiger partial charge is 0.444 e. The van der Waals surface area contributed by atoms with Crippen LogP contribution in [0.3, 0.4) is 0 Å². The van der Waals surface area contributed by atoms with Crippen LogP contribution in [0.15, 0.2) is 22.5 Å². The van der Waals surface area contributed by atoms with E-state index in [1.54, 1.807) is 22.3 Å². The Hall–Kier alpha value is -1.55. The number of carbonyl (C=O) groups is 1. The van der Waals surface area contributed by atoms with Crippen LogP contribution in [0.25, 0.3) is 4.96 Å². The van der Waals surface area contributed by atoms with Crippen molar-refractivity contribution in [3.8, 4) is 0 Å². The molecule has 0 saturated carbocycles. The Morgan fingerprint density at radius 1 is 1.26 bits per heavy atom. The second-order valence-electron chi connectivity index (χ2n) is 8.49. The normalized spacial score (nSPS) is 13.0. The first-order valence-electron chi connectivity index (χ1n) is 9.80. The van der Waals surface area contributed by atoms with Gasteiger partial charge in [-0.2, -0.15) is 4.52 Å². The Morgan fingerprint density at radius 2 is 2.00 bits per heavy atom. The predicted octanol–water partition coefficient (Wildman–Crippen LogP) is 6.40. The van der Waals surface area contributed by atoms with E-state index in [2.05, 4.69) is 34.5 Å². The lowest BCUT2D eigenvalue weighted by Gasteiger charge is -2.23. The summed E-state index contributed by atoms with van der Waals surface area (Å²) in [5.74, 6) is 1.61. The quantitative estimate of drug-likeness (QED) is 0.377. The van der Waals surface area contributed by atoms with Gasteiger partial charge in [-0.25, -0.2) is 4.79 Å². The van der Waals surface area contributed by atoms with E-state index in [4.69, 9.17) is 27.9 Å². The van der Waals surface area contributed by atoms with E-state index in [0.717, 1.165) is 9.90 Å². The van der Waals surface area contributed by atoms with Gasteiger partial charge in [0.1, 0.15) is 5.60 Å². The highest BCUT2D eigenvalue weighted by molar-refractivity contribution is 8.00. The topological polar surface area (TPSA) is 81.4 Å². The van der Waals surface area contributed by atoms with Gasteiger partial charge >= 0.3 is 6.09 Å². The molecule has 2 heterocycles. The van der Waals surface area contributed by atoms with E-state index in [0.29, 0.717) is 38.9 Å². The molecular formula is C20H25Cl2N5O2S2. The summed E-state index contributed by atoms with van der Waals surface area (Å²) in [6.45, 7) is 9.66. The van der Waals surface area contributed by atoms with Gasteiger partial charge in [0.15, 0.2) is 10.2 Å². The number of nitrogens with zero attached hydrogens (tertiary/aromatic N) is 4. The van der Waals surface area contributed by atoms with Gasteiger partial charge in [-0.3, -0.25) is 0 Å². The zero-order chi connectivity index (χ0) is 22.8. The van der Waals surface area contributed by atoms with Crippen LogP contribution in [0.5, 0.6) is 0 Å². The fourth-order valence-corrected chi connectivity index (χ4v) is 4.96. The molecule has 0 bridgehead atoms. The molecule has 1 aromatic carbocycles. The summed E-state index contributed by atoms with van der Waals surface area (Å²) in [6.07, 6.45) is 0.197. The zero-order valence-electron chi connectivity index (χ0n) is 18.0. The van der Waals surface area contributed by atoms with Crippen LogP contribution in [0, 0.1) is 5.92 Å². The molecule has 0 saturated heterocycles. The third kappa shape index (κ3) is 6.71. The number of thioether (sulfide) groups is 1. The smallest absolute Gasteiger partial charge is 0.408 e. The third-order valence-electron chi connectivity index (χ3n) is 4.05. The number of nitrogens with one attached hydrogen (secondary N) is 1. The fraction of sp³-hybridized carbons (Fsp3) is 0.500. The molecule has 1 amide bonds. The summed E-state index contributed by atoms with van der Waals surface area (Å²) < 4.78 is 7.97. The minimum Gasteiger partial charge on any atom is -0.444 e. The molecule has 7 nitrogen and oxygen atoms in total. The van der Waals surface area contributed by atoms with Gasteiger partial charge in [0.25, 0.3) is 0 Å². The SMILES string of the molecule is CC(C)CC(NC(=O)OC(C)(C)C)c1nnc2sc(SCc3ccc(Cl)c(Cl)c3)nn12. The van der Waals surface area contributed by atoms with E-state index in [-0.39, 0.29) is 6.04 Å². The van der Waals surface area contributed by atoms with Gasteiger partial charge in [0.2, 0.25) is 4.96 Å². The van der Waals surface area contributed by atoms with Crippen molar-refractivity contribution in [2.45, 2.75) is 62.8 Å². The molecule has 1 atom stereocenters. The Morgan fingerprint density at radius 3 is 2.65 bits per heavy atom. The van der Waals surface area contributed by atoms with Crippen molar-refractivity contribution in [3.05, 3.63) is 39.6 Å². The molecule has 3 aromatic rings. The standard InChI is InChI=1S/C20H25Cl2N5O2S2/c1-11(2)8-15(23-18(28)29-20(3,4)5)16-24-25-17-27(16)26-19(31-17)30-10-12-6-7-13(21)14(22)9-12/h6-7,9,11,15H,8,10H2,1-5H3,(H,23,28). The minimum atomic E-state index is -0.582. The number of alkyl carbamates (subject to hydrolysis) is 1. The van der Waals surface area contributed by atoms with Crippen molar-refractivity contribution in [1.29, 1.82) is 0 Å². The van der Waals surface area contributed by atoms with Gasteiger partial charge in [0.05, 0.1) is 16.1 Å². The minimum absolute atomic E-state index is 0.328. The summed E-state index contributed by atoms with van der Waals surface area (Å²) in [7, 11) is 0. The molecule has 11 heteroatoms. The third-order valence-corrected chi connectivity index (χ3v) is 6.89. The van der Waals surface area contributed by atoms with Gasteiger partial charge in [-0.15, -0.1) is 15.3 Å².